The number of hydrogen-bond acceptors (Lipinski definition) is 3. The van der Waals surface area contributed by atoms with Crippen LogP contribution >= 0.6 is 0 Å². The van der Waals surface area contributed by atoms with Crippen molar-refractivity contribution < 1.29 is 8.42 Å². The Balaban J connectivity index is 2.33. The molecule has 0 aromatic heterocycles. The molecule has 1 aliphatic carbocycles. The van der Waals surface area contributed by atoms with Crippen molar-refractivity contribution in [3.8, 4) is 0 Å². The highest BCUT2D eigenvalue weighted by molar-refractivity contribution is 7.90. The van der Waals surface area contributed by atoms with Crippen molar-refractivity contribution in [2.24, 2.45) is 5.92 Å². The van der Waals surface area contributed by atoms with E-state index in [9.17, 15) is 8.42 Å². The fourth-order valence-corrected chi connectivity index (χ4v) is 3.88. The van der Waals surface area contributed by atoms with Gasteiger partial charge in [-0.15, -0.1) is 0 Å². The van der Waals surface area contributed by atoms with Crippen molar-refractivity contribution in [1.82, 2.24) is 5.32 Å². The van der Waals surface area contributed by atoms with E-state index in [1.807, 2.05) is 0 Å². The topological polar surface area (TPSA) is 46.2 Å². The van der Waals surface area contributed by atoms with Crippen LogP contribution in [0.25, 0.3) is 0 Å². The van der Waals surface area contributed by atoms with Crippen LogP contribution in [0, 0.1) is 5.92 Å². The Hall–Kier alpha value is -0.0900. The van der Waals surface area contributed by atoms with Crippen molar-refractivity contribution in [3.05, 3.63) is 0 Å². The maximum Gasteiger partial charge on any atom is 0.147 e. The average molecular weight is 289 g/mol. The van der Waals surface area contributed by atoms with Gasteiger partial charge in [0.05, 0.1) is 0 Å². The molecule has 1 fully saturated rings. The lowest BCUT2D eigenvalue weighted by Gasteiger charge is -2.23. The molecular weight excluding hydrogens is 258 g/mol. The first-order valence-electron chi connectivity index (χ1n) is 7.92. The third kappa shape index (κ3) is 8.64. The van der Waals surface area contributed by atoms with Gasteiger partial charge in [-0.3, -0.25) is 0 Å². The van der Waals surface area contributed by atoms with E-state index >= 15 is 0 Å². The Morgan fingerprint density at radius 2 is 1.79 bits per heavy atom. The second-order valence-electron chi connectivity index (χ2n) is 6.12. The van der Waals surface area contributed by atoms with Crippen molar-refractivity contribution in [2.45, 2.75) is 70.8 Å². The Morgan fingerprint density at radius 1 is 1.16 bits per heavy atom. The van der Waals surface area contributed by atoms with Crippen LogP contribution in [0.4, 0.5) is 0 Å². The van der Waals surface area contributed by atoms with Crippen molar-refractivity contribution in [3.63, 3.8) is 0 Å². The average Bonchev–Trinajstić information content (AvgIpc) is 2.56. The molecule has 4 heteroatoms. The zero-order valence-corrected chi connectivity index (χ0v) is 13.5. The van der Waals surface area contributed by atoms with Gasteiger partial charge in [0.1, 0.15) is 9.84 Å². The number of hydrogen-bond donors (Lipinski definition) is 1. The van der Waals surface area contributed by atoms with Crippen molar-refractivity contribution in [2.75, 3.05) is 18.6 Å². The zero-order chi connectivity index (χ0) is 14.1. The van der Waals surface area contributed by atoms with Gasteiger partial charge < -0.3 is 5.32 Å². The lowest BCUT2D eigenvalue weighted by Crippen LogP contribution is -2.31. The smallest absolute Gasteiger partial charge is 0.147 e. The summed E-state index contributed by atoms with van der Waals surface area (Å²) in [5.41, 5.74) is 0. The molecule has 19 heavy (non-hydrogen) atoms. The first kappa shape index (κ1) is 17.0. The van der Waals surface area contributed by atoms with Crippen molar-refractivity contribution in [1.29, 1.82) is 0 Å². The Kier molecular flexibility index (Phi) is 8.00. The molecule has 3 nitrogen and oxygen atoms in total. The fraction of sp³-hybridized carbons (Fsp3) is 1.00. The molecule has 1 aliphatic rings. The molecule has 1 rings (SSSR count). The molecule has 1 N–H and O–H groups in total. The maximum atomic E-state index is 11.2. The lowest BCUT2D eigenvalue weighted by atomic mass is 9.91. The SMILES string of the molecule is CCNC(CCCS(C)(=O)=O)CC1CCCCCC1. The van der Waals surface area contributed by atoms with Gasteiger partial charge in [-0.2, -0.15) is 0 Å². The van der Waals surface area contributed by atoms with E-state index in [4.69, 9.17) is 0 Å². The second-order valence-corrected chi connectivity index (χ2v) is 8.38. The second kappa shape index (κ2) is 8.96. The minimum Gasteiger partial charge on any atom is -0.314 e. The Labute approximate surface area is 119 Å². The van der Waals surface area contributed by atoms with E-state index in [0.717, 1.165) is 25.3 Å². The van der Waals surface area contributed by atoms with Crippen LogP contribution < -0.4 is 5.32 Å². The van der Waals surface area contributed by atoms with Crippen LogP contribution in [-0.4, -0.2) is 33.0 Å². The van der Waals surface area contributed by atoms with Gasteiger partial charge in [-0.05, 0) is 31.7 Å². The fourth-order valence-electron chi connectivity index (χ4n) is 3.19. The number of nitrogens with one attached hydrogen (secondary N) is 1. The van der Waals surface area contributed by atoms with E-state index in [1.165, 1.54) is 51.2 Å². The molecule has 0 aromatic carbocycles. The van der Waals surface area contributed by atoms with E-state index in [-0.39, 0.29) is 0 Å². The molecule has 1 atom stereocenters. The molecule has 0 bridgehead atoms. The van der Waals surface area contributed by atoms with Gasteiger partial charge in [0.2, 0.25) is 0 Å². The number of rotatable bonds is 8. The summed E-state index contributed by atoms with van der Waals surface area (Å²) in [5, 5.41) is 3.54. The predicted octanol–water partition coefficient (Wildman–Crippen LogP) is 3.15. The van der Waals surface area contributed by atoms with Gasteiger partial charge in [-0.25, -0.2) is 8.42 Å². The molecule has 0 saturated heterocycles. The molecule has 0 aromatic rings. The summed E-state index contributed by atoms with van der Waals surface area (Å²) in [4.78, 5) is 0. The first-order chi connectivity index (χ1) is 9.01. The van der Waals surface area contributed by atoms with Crippen LogP contribution in [-0.2, 0) is 9.84 Å². The number of sulfone groups is 1. The van der Waals surface area contributed by atoms with E-state index in [0.29, 0.717) is 11.8 Å². The van der Waals surface area contributed by atoms with Crippen molar-refractivity contribution >= 4 is 9.84 Å². The maximum absolute atomic E-state index is 11.2. The highest BCUT2D eigenvalue weighted by Crippen LogP contribution is 2.27. The highest BCUT2D eigenvalue weighted by atomic mass is 32.2. The largest absolute Gasteiger partial charge is 0.314 e. The zero-order valence-electron chi connectivity index (χ0n) is 12.7. The van der Waals surface area contributed by atoms with Crippen LogP contribution in [0.5, 0.6) is 0 Å². The van der Waals surface area contributed by atoms with E-state index in [2.05, 4.69) is 12.2 Å². The first-order valence-corrected chi connectivity index (χ1v) is 9.98. The molecule has 114 valence electrons. The van der Waals surface area contributed by atoms with Gasteiger partial charge in [0.15, 0.2) is 0 Å². The van der Waals surface area contributed by atoms with Crippen LogP contribution in [0.3, 0.4) is 0 Å². The minimum atomic E-state index is -2.80. The standard InChI is InChI=1S/C15H31NO2S/c1-3-16-15(11-8-12-19(2,17)18)13-14-9-6-4-5-7-10-14/h14-16H,3-13H2,1-2H3. The summed E-state index contributed by atoms with van der Waals surface area (Å²) < 4.78 is 22.4. The normalized spacial score (nSPS) is 20.1. The third-order valence-corrected chi connectivity index (χ3v) is 5.18. The third-order valence-electron chi connectivity index (χ3n) is 4.15. The van der Waals surface area contributed by atoms with Gasteiger partial charge in [0, 0.05) is 18.1 Å². The van der Waals surface area contributed by atoms with E-state index in [1.54, 1.807) is 0 Å². The summed E-state index contributed by atoms with van der Waals surface area (Å²) in [7, 11) is -2.80. The Morgan fingerprint density at radius 3 is 2.32 bits per heavy atom. The monoisotopic (exact) mass is 289 g/mol. The lowest BCUT2D eigenvalue weighted by molar-refractivity contribution is 0.341. The molecule has 0 radical (unpaired) electrons. The Bertz CT molecular complexity index is 319. The van der Waals surface area contributed by atoms with Gasteiger partial charge in [0.25, 0.3) is 0 Å². The molecule has 0 amide bonds. The summed E-state index contributed by atoms with van der Waals surface area (Å²) >= 11 is 0. The highest BCUT2D eigenvalue weighted by Gasteiger charge is 2.18. The molecule has 1 unspecified atom stereocenters. The van der Waals surface area contributed by atoms with Gasteiger partial charge >= 0.3 is 0 Å². The molecule has 0 heterocycles. The summed E-state index contributed by atoms with van der Waals surface area (Å²) in [6, 6.07) is 0.509. The molecular formula is C15H31NO2S. The predicted molar refractivity (Wildman–Crippen MR) is 82.2 cm³/mol. The quantitative estimate of drug-likeness (QED) is 0.698. The summed E-state index contributed by atoms with van der Waals surface area (Å²) in [6.45, 7) is 3.12. The summed E-state index contributed by atoms with van der Waals surface area (Å²) in [5.74, 6) is 1.18. The molecule has 0 aliphatic heterocycles. The van der Waals surface area contributed by atoms with Crippen LogP contribution in [0.15, 0.2) is 0 Å². The van der Waals surface area contributed by atoms with Crippen LogP contribution in [0.2, 0.25) is 0 Å². The van der Waals surface area contributed by atoms with Crippen LogP contribution in [0.1, 0.15) is 64.7 Å². The molecule has 1 saturated carbocycles. The molecule has 0 spiro atoms. The summed E-state index contributed by atoms with van der Waals surface area (Å²) in [6.07, 6.45) is 12.7. The van der Waals surface area contributed by atoms with E-state index < -0.39 is 9.84 Å². The minimum absolute atomic E-state index is 0.333. The van der Waals surface area contributed by atoms with Gasteiger partial charge in [-0.1, -0.05) is 45.4 Å².